The maximum absolute atomic E-state index is 12.0. The highest BCUT2D eigenvalue weighted by molar-refractivity contribution is 8.02. The number of ether oxygens (including phenoxy) is 1. The molecule has 0 N–H and O–H groups in total. The second-order valence-electron chi connectivity index (χ2n) is 2.89. The second kappa shape index (κ2) is 7.38. The number of rotatable bonds is 5. The minimum Gasteiger partial charge on any atom is -0.462 e. The van der Waals surface area contributed by atoms with Gasteiger partial charge >= 0.3 is 12.1 Å². The second-order valence-corrected chi connectivity index (χ2v) is 3.83. The molecule has 0 aromatic rings. The SMILES string of the molecule is CC(=O)OC/C=C/SC/C=C(/C)C(F)(F)F. The van der Waals surface area contributed by atoms with E-state index in [1.54, 1.807) is 11.5 Å². The van der Waals surface area contributed by atoms with E-state index in [1.165, 1.54) is 18.7 Å². The summed E-state index contributed by atoms with van der Waals surface area (Å²) >= 11 is 1.20. The third kappa shape index (κ3) is 8.40. The Labute approximate surface area is 96.5 Å². The summed E-state index contributed by atoms with van der Waals surface area (Å²) in [5.41, 5.74) is -0.603. The van der Waals surface area contributed by atoms with Crippen LogP contribution in [0.2, 0.25) is 0 Å². The van der Waals surface area contributed by atoms with Gasteiger partial charge in [0, 0.05) is 18.2 Å². The Kier molecular flexibility index (Phi) is 6.96. The van der Waals surface area contributed by atoms with E-state index >= 15 is 0 Å². The fourth-order valence-electron chi connectivity index (χ4n) is 0.617. The van der Waals surface area contributed by atoms with Crippen molar-refractivity contribution in [2.75, 3.05) is 12.4 Å². The Morgan fingerprint density at radius 3 is 2.50 bits per heavy atom. The summed E-state index contributed by atoms with van der Waals surface area (Å²) in [4.78, 5) is 10.3. The molecule has 0 amide bonds. The van der Waals surface area contributed by atoms with Crippen LogP contribution in [-0.4, -0.2) is 24.5 Å². The lowest BCUT2D eigenvalue weighted by atomic mass is 10.3. The molecule has 6 heteroatoms. The molecule has 92 valence electrons. The molecule has 0 spiro atoms. The highest BCUT2D eigenvalue weighted by atomic mass is 32.2. The molecular formula is C10H13F3O2S. The van der Waals surface area contributed by atoms with Crippen molar-refractivity contribution < 1.29 is 22.7 Å². The number of alkyl halides is 3. The van der Waals surface area contributed by atoms with Crippen LogP contribution in [0.1, 0.15) is 13.8 Å². The monoisotopic (exact) mass is 254 g/mol. The Bertz CT molecular complexity index is 282. The Morgan fingerprint density at radius 1 is 1.38 bits per heavy atom. The Balaban J connectivity index is 3.71. The van der Waals surface area contributed by atoms with E-state index in [0.717, 1.165) is 13.0 Å². The molecular weight excluding hydrogens is 241 g/mol. The fourth-order valence-corrected chi connectivity index (χ4v) is 1.29. The minimum atomic E-state index is -4.25. The number of carbonyl (C=O) groups excluding carboxylic acids is 1. The zero-order valence-corrected chi connectivity index (χ0v) is 9.82. The lowest BCUT2D eigenvalue weighted by Gasteiger charge is -2.05. The van der Waals surface area contributed by atoms with Crippen molar-refractivity contribution in [3.05, 3.63) is 23.1 Å². The van der Waals surface area contributed by atoms with Crippen molar-refractivity contribution in [2.24, 2.45) is 0 Å². The molecule has 0 rings (SSSR count). The molecule has 0 aliphatic carbocycles. The molecule has 0 aromatic heterocycles. The first-order chi connectivity index (χ1) is 7.34. The van der Waals surface area contributed by atoms with Crippen LogP contribution in [0.15, 0.2) is 23.1 Å². The van der Waals surface area contributed by atoms with Gasteiger partial charge in [-0.2, -0.15) is 13.2 Å². The molecule has 0 saturated heterocycles. The first-order valence-electron chi connectivity index (χ1n) is 4.48. The third-order valence-corrected chi connectivity index (χ3v) is 2.25. The van der Waals surface area contributed by atoms with Gasteiger partial charge in [-0.25, -0.2) is 0 Å². The number of allylic oxidation sites excluding steroid dienone is 1. The summed E-state index contributed by atoms with van der Waals surface area (Å²) in [6.45, 7) is 2.46. The molecule has 0 aliphatic heterocycles. The van der Waals surface area contributed by atoms with Gasteiger partial charge in [0.1, 0.15) is 6.61 Å². The van der Waals surface area contributed by atoms with E-state index in [9.17, 15) is 18.0 Å². The molecule has 2 nitrogen and oxygen atoms in total. The van der Waals surface area contributed by atoms with Crippen LogP contribution in [0.4, 0.5) is 13.2 Å². The van der Waals surface area contributed by atoms with Crippen molar-refractivity contribution >= 4 is 17.7 Å². The van der Waals surface area contributed by atoms with Crippen molar-refractivity contribution in [1.82, 2.24) is 0 Å². The standard InChI is InChI=1S/C10H13F3O2S/c1-8(10(11,12)13)4-7-16-6-3-5-15-9(2)14/h3-4,6H,5,7H2,1-2H3/b6-3+,8-4-. The molecule has 0 unspecified atom stereocenters. The smallest absolute Gasteiger partial charge is 0.412 e. The van der Waals surface area contributed by atoms with Gasteiger partial charge in [0.05, 0.1) is 0 Å². The topological polar surface area (TPSA) is 26.3 Å². The van der Waals surface area contributed by atoms with Crippen LogP contribution in [-0.2, 0) is 9.53 Å². The molecule has 0 aromatic carbocycles. The average Bonchev–Trinajstić information content (AvgIpc) is 2.14. The van der Waals surface area contributed by atoms with E-state index in [2.05, 4.69) is 4.74 Å². The molecule has 0 radical (unpaired) electrons. The molecule has 0 bridgehead atoms. The first kappa shape index (κ1) is 15.1. The predicted molar refractivity (Wildman–Crippen MR) is 58.0 cm³/mol. The van der Waals surface area contributed by atoms with Gasteiger partial charge in [-0.1, -0.05) is 6.08 Å². The van der Waals surface area contributed by atoms with Crippen LogP contribution in [0.25, 0.3) is 0 Å². The Hall–Kier alpha value is -0.910. The summed E-state index contributed by atoms with van der Waals surface area (Å²) in [6, 6.07) is 0. The highest BCUT2D eigenvalue weighted by Crippen LogP contribution is 2.25. The first-order valence-corrected chi connectivity index (χ1v) is 5.53. The normalized spacial score (nSPS) is 13.2. The van der Waals surface area contributed by atoms with Crippen LogP contribution in [0, 0.1) is 0 Å². The van der Waals surface area contributed by atoms with Gasteiger partial charge in [0.25, 0.3) is 0 Å². The molecule has 0 heterocycles. The zero-order valence-electron chi connectivity index (χ0n) is 9.00. The summed E-state index contributed by atoms with van der Waals surface area (Å²) in [6.07, 6.45) is -1.56. The Morgan fingerprint density at radius 2 is 2.00 bits per heavy atom. The number of hydrogen-bond acceptors (Lipinski definition) is 3. The van der Waals surface area contributed by atoms with Crippen molar-refractivity contribution in [3.63, 3.8) is 0 Å². The number of esters is 1. The van der Waals surface area contributed by atoms with E-state index in [1.807, 2.05) is 0 Å². The van der Waals surface area contributed by atoms with Crippen LogP contribution in [0.5, 0.6) is 0 Å². The minimum absolute atomic E-state index is 0.143. The van der Waals surface area contributed by atoms with Gasteiger partial charge in [0.15, 0.2) is 0 Å². The van der Waals surface area contributed by atoms with E-state index < -0.39 is 11.7 Å². The van der Waals surface area contributed by atoms with Crippen LogP contribution < -0.4 is 0 Å². The van der Waals surface area contributed by atoms with Gasteiger partial charge in [-0.3, -0.25) is 4.79 Å². The molecule has 0 aliphatic rings. The van der Waals surface area contributed by atoms with Gasteiger partial charge in [-0.15, -0.1) is 11.8 Å². The summed E-state index contributed by atoms with van der Waals surface area (Å²) in [5.74, 6) is -0.149. The molecule has 0 atom stereocenters. The average molecular weight is 254 g/mol. The molecule has 0 saturated carbocycles. The van der Waals surface area contributed by atoms with E-state index in [-0.39, 0.29) is 18.3 Å². The summed E-state index contributed by atoms with van der Waals surface area (Å²) < 4.78 is 40.6. The van der Waals surface area contributed by atoms with Crippen molar-refractivity contribution in [2.45, 2.75) is 20.0 Å². The van der Waals surface area contributed by atoms with Gasteiger partial charge in [-0.05, 0) is 18.4 Å². The lowest BCUT2D eigenvalue weighted by molar-refractivity contribution is -0.139. The van der Waals surface area contributed by atoms with Gasteiger partial charge in [0.2, 0.25) is 0 Å². The van der Waals surface area contributed by atoms with Crippen LogP contribution >= 0.6 is 11.8 Å². The van der Waals surface area contributed by atoms with E-state index in [4.69, 9.17) is 0 Å². The lowest BCUT2D eigenvalue weighted by Crippen LogP contribution is -2.08. The highest BCUT2D eigenvalue weighted by Gasteiger charge is 2.29. The molecule has 0 fully saturated rings. The van der Waals surface area contributed by atoms with Gasteiger partial charge < -0.3 is 4.74 Å². The number of thioether (sulfide) groups is 1. The molecule has 16 heavy (non-hydrogen) atoms. The van der Waals surface area contributed by atoms with E-state index in [0.29, 0.717) is 0 Å². The quantitative estimate of drug-likeness (QED) is 0.428. The third-order valence-electron chi connectivity index (χ3n) is 1.51. The van der Waals surface area contributed by atoms with Crippen LogP contribution in [0.3, 0.4) is 0 Å². The largest absolute Gasteiger partial charge is 0.462 e. The van der Waals surface area contributed by atoms with Crippen molar-refractivity contribution in [3.8, 4) is 0 Å². The summed E-state index contributed by atoms with van der Waals surface area (Å²) in [5, 5.41) is 1.60. The predicted octanol–water partition coefficient (Wildman–Crippen LogP) is 3.31. The fraction of sp³-hybridized carbons (Fsp3) is 0.500. The zero-order chi connectivity index (χ0) is 12.6. The number of halogens is 3. The number of hydrogen-bond donors (Lipinski definition) is 0. The maximum Gasteiger partial charge on any atom is 0.412 e. The maximum atomic E-state index is 12.0. The summed E-state index contributed by atoms with van der Waals surface area (Å²) in [7, 11) is 0. The van der Waals surface area contributed by atoms with Crippen molar-refractivity contribution in [1.29, 1.82) is 0 Å². The number of carbonyl (C=O) groups is 1.